The van der Waals surface area contributed by atoms with Gasteiger partial charge in [-0.25, -0.2) is 4.79 Å². The average Bonchev–Trinajstić information content (AvgIpc) is 3.06. The van der Waals surface area contributed by atoms with E-state index in [1.54, 1.807) is 60.3 Å². The molecule has 0 atom stereocenters. The molecule has 0 saturated heterocycles. The summed E-state index contributed by atoms with van der Waals surface area (Å²) in [6.45, 7) is 0. The highest BCUT2D eigenvalue weighted by Crippen LogP contribution is 2.36. The van der Waals surface area contributed by atoms with E-state index in [-0.39, 0.29) is 5.75 Å². The van der Waals surface area contributed by atoms with Gasteiger partial charge >= 0.3 is 5.69 Å². The van der Waals surface area contributed by atoms with Crippen LogP contribution in [0.15, 0.2) is 58.3 Å². The Hall–Kier alpha value is -2.96. The van der Waals surface area contributed by atoms with Crippen LogP contribution in [0.3, 0.4) is 0 Å². The Morgan fingerprint density at radius 1 is 0.929 bits per heavy atom. The van der Waals surface area contributed by atoms with Gasteiger partial charge < -0.3 is 9.67 Å². The van der Waals surface area contributed by atoms with Gasteiger partial charge in [0.05, 0.1) is 21.6 Å². The fourth-order valence-corrected chi connectivity index (χ4v) is 3.80. The Morgan fingerprint density at radius 2 is 1.61 bits per heavy atom. The number of fused-ring (bicyclic) bond motifs is 1. The summed E-state index contributed by atoms with van der Waals surface area (Å²) in [5, 5.41) is 10.8. The molecule has 0 aliphatic heterocycles. The van der Waals surface area contributed by atoms with Crippen molar-refractivity contribution in [3.63, 3.8) is 0 Å². The number of halogens is 2. The summed E-state index contributed by atoms with van der Waals surface area (Å²) in [6, 6.07) is 11.5. The minimum absolute atomic E-state index is 0.120. The first-order chi connectivity index (χ1) is 13.3. The smallest absolute Gasteiger partial charge is 0.330 e. The van der Waals surface area contributed by atoms with Crippen molar-refractivity contribution < 1.29 is 5.11 Å². The fourth-order valence-electron chi connectivity index (χ4n) is 3.30. The molecule has 2 aromatic carbocycles. The third-order valence-electron chi connectivity index (χ3n) is 4.75. The second-order valence-corrected chi connectivity index (χ2v) is 7.30. The molecule has 0 aliphatic rings. The molecule has 4 rings (SSSR count). The monoisotopic (exact) mass is 415 g/mol. The molecule has 0 spiro atoms. The summed E-state index contributed by atoms with van der Waals surface area (Å²) in [5.74, 6) is 0.120. The number of phenols is 1. The molecule has 0 unspecified atom stereocenters. The van der Waals surface area contributed by atoms with Crippen molar-refractivity contribution in [2.24, 2.45) is 14.1 Å². The maximum absolute atomic E-state index is 13.0. The minimum atomic E-state index is -0.422. The van der Waals surface area contributed by atoms with Gasteiger partial charge in [-0.15, -0.1) is 0 Å². The predicted molar refractivity (Wildman–Crippen MR) is 111 cm³/mol. The van der Waals surface area contributed by atoms with Gasteiger partial charge in [-0.3, -0.25) is 13.9 Å². The van der Waals surface area contributed by atoms with Crippen molar-refractivity contribution >= 4 is 34.1 Å². The number of benzene rings is 2. The highest BCUT2D eigenvalue weighted by molar-refractivity contribution is 6.36. The van der Waals surface area contributed by atoms with Crippen molar-refractivity contribution in [1.29, 1.82) is 0 Å². The van der Waals surface area contributed by atoms with Gasteiger partial charge in [0, 0.05) is 36.6 Å². The van der Waals surface area contributed by atoms with Gasteiger partial charge in [0.15, 0.2) is 0 Å². The van der Waals surface area contributed by atoms with Crippen LogP contribution in [0.1, 0.15) is 0 Å². The Kier molecular flexibility index (Phi) is 4.33. The summed E-state index contributed by atoms with van der Waals surface area (Å²) in [5.41, 5.74) is 1.47. The summed E-state index contributed by atoms with van der Waals surface area (Å²) < 4.78 is 4.26. The lowest BCUT2D eigenvalue weighted by Crippen LogP contribution is -2.36. The second kappa shape index (κ2) is 6.58. The molecule has 28 heavy (non-hydrogen) atoms. The Labute approximate surface area is 169 Å². The summed E-state index contributed by atoms with van der Waals surface area (Å²) in [7, 11) is 3.05. The summed E-state index contributed by atoms with van der Waals surface area (Å²) >= 11 is 12.5. The molecule has 6 nitrogen and oxygen atoms in total. The van der Waals surface area contributed by atoms with Crippen LogP contribution in [-0.2, 0) is 14.1 Å². The van der Waals surface area contributed by atoms with E-state index in [4.69, 9.17) is 23.2 Å². The zero-order chi connectivity index (χ0) is 20.2. The third kappa shape index (κ3) is 2.73. The first kappa shape index (κ1) is 18.4. The van der Waals surface area contributed by atoms with E-state index in [1.165, 1.54) is 11.6 Å². The van der Waals surface area contributed by atoms with Gasteiger partial charge in [-0.1, -0.05) is 23.2 Å². The van der Waals surface area contributed by atoms with E-state index in [9.17, 15) is 14.7 Å². The lowest BCUT2D eigenvalue weighted by Gasteiger charge is -2.12. The molecule has 0 fully saturated rings. The number of nitrogens with zero attached hydrogens (tertiary/aromatic N) is 3. The normalized spacial score (nSPS) is 11.3. The van der Waals surface area contributed by atoms with E-state index in [2.05, 4.69) is 0 Å². The van der Waals surface area contributed by atoms with Crippen molar-refractivity contribution in [2.75, 3.05) is 0 Å². The maximum atomic E-state index is 13.0. The molecule has 1 N–H and O–H groups in total. The van der Waals surface area contributed by atoms with Crippen LogP contribution in [0.5, 0.6) is 5.75 Å². The van der Waals surface area contributed by atoms with Crippen LogP contribution in [0, 0.1) is 0 Å². The van der Waals surface area contributed by atoms with Crippen LogP contribution < -0.4 is 11.2 Å². The van der Waals surface area contributed by atoms with E-state index in [1.807, 2.05) is 0 Å². The number of hydrogen-bond donors (Lipinski definition) is 1. The van der Waals surface area contributed by atoms with Crippen molar-refractivity contribution in [1.82, 2.24) is 13.7 Å². The zero-order valence-electron chi connectivity index (χ0n) is 15.0. The molecule has 0 aliphatic carbocycles. The Morgan fingerprint density at radius 3 is 2.25 bits per heavy atom. The van der Waals surface area contributed by atoms with Crippen LogP contribution in [0.2, 0.25) is 10.0 Å². The van der Waals surface area contributed by atoms with Gasteiger partial charge in [0.2, 0.25) is 0 Å². The quantitative estimate of drug-likeness (QED) is 0.542. The van der Waals surface area contributed by atoms with Crippen LogP contribution >= 0.6 is 23.2 Å². The highest BCUT2D eigenvalue weighted by atomic mass is 35.5. The molecule has 0 bridgehead atoms. The summed E-state index contributed by atoms with van der Waals surface area (Å²) in [4.78, 5) is 25.4. The molecular weight excluding hydrogens is 401 g/mol. The lowest BCUT2D eigenvalue weighted by molar-refractivity contribution is 0.475. The number of hydrogen-bond acceptors (Lipinski definition) is 3. The second-order valence-electron chi connectivity index (χ2n) is 6.45. The molecular formula is C20H15Cl2N3O3. The van der Waals surface area contributed by atoms with Gasteiger partial charge in [0.25, 0.3) is 5.56 Å². The molecule has 0 amide bonds. The molecule has 8 heteroatoms. The summed E-state index contributed by atoms with van der Waals surface area (Å²) in [6.07, 6.45) is 1.71. The number of phenolic OH excluding ortho intramolecular Hbond substituents is 1. The lowest BCUT2D eigenvalue weighted by atomic mass is 10.1. The first-order valence-corrected chi connectivity index (χ1v) is 9.11. The fraction of sp³-hybridized carbons (Fsp3) is 0.100. The standard InChI is InChI=1S/C20H15Cl2N3O3/c1-23-16-10-25(12-4-6-13(26)7-5-12)18(14-8-3-11(21)9-15(14)22)17(16)19(27)24(2)20(23)28/h3-10,26H,1-2H3. The molecule has 0 radical (unpaired) electrons. The Balaban J connectivity index is 2.22. The molecule has 142 valence electrons. The van der Waals surface area contributed by atoms with Crippen LogP contribution in [-0.4, -0.2) is 18.8 Å². The van der Waals surface area contributed by atoms with Crippen molar-refractivity contribution in [2.45, 2.75) is 0 Å². The predicted octanol–water partition coefficient (Wildman–Crippen LogP) is 3.71. The highest BCUT2D eigenvalue weighted by Gasteiger charge is 2.21. The average molecular weight is 416 g/mol. The minimum Gasteiger partial charge on any atom is -0.508 e. The number of aryl methyl sites for hydroxylation is 1. The topological polar surface area (TPSA) is 69.2 Å². The largest absolute Gasteiger partial charge is 0.508 e. The number of aromatic hydroxyl groups is 1. The van der Waals surface area contributed by atoms with E-state index < -0.39 is 11.2 Å². The number of rotatable bonds is 2. The molecule has 2 heterocycles. The van der Waals surface area contributed by atoms with E-state index in [0.717, 1.165) is 4.57 Å². The third-order valence-corrected chi connectivity index (χ3v) is 5.30. The molecule has 0 saturated carbocycles. The van der Waals surface area contributed by atoms with Crippen molar-refractivity contribution in [3.05, 3.63) is 79.5 Å². The van der Waals surface area contributed by atoms with Crippen LogP contribution in [0.4, 0.5) is 0 Å². The van der Waals surface area contributed by atoms with Gasteiger partial charge in [-0.05, 0) is 42.5 Å². The van der Waals surface area contributed by atoms with Gasteiger partial charge in [0.1, 0.15) is 5.75 Å². The Bertz CT molecular complexity index is 1350. The molecule has 2 aromatic heterocycles. The maximum Gasteiger partial charge on any atom is 0.330 e. The van der Waals surface area contributed by atoms with Crippen LogP contribution in [0.25, 0.3) is 27.8 Å². The number of aromatic nitrogens is 3. The van der Waals surface area contributed by atoms with Gasteiger partial charge in [-0.2, -0.15) is 0 Å². The zero-order valence-corrected chi connectivity index (χ0v) is 16.5. The van der Waals surface area contributed by atoms with E-state index >= 15 is 0 Å². The SMILES string of the molecule is Cn1c(=O)c2c(-c3ccc(Cl)cc3Cl)n(-c3ccc(O)cc3)cc2n(C)c1=O. The first-order valence-electron chi connectivity index (χ1n) is 8.35. The van der Waals surface area contributed by atoms with E-state index in [0.29, 0.717) is 37.9 Å². The molecule has 4 aromatic rings. The van der Waals surface area contributed by atoms with Crippen molar-refractivity contribution in [3.8, 4) is 22.7 Å².